The molecule has 110 valence electrons. The van der Waals surface area contributed by atoms with Crippen molar-refractivity contribution < 1.29 is 4.79 Å². The highest BCUT2D eigenvalue weighted by Gasteiger charge is 2.21. The number of carbonyl (C=O) groups excluding carboxylic acids is 1. The molecule has 1 aromatic carbocycles. The molecule has 1 saturated heterocycles. The van der Waals surface area contributed by atoms with Gasteiger partial charge in [0.05, 0.1) is 10.7 Å². The average Bonchev–Trinajstić information content (AvgIpc) is 2.94. The summed E-state index contributed by atoms with van der Waals surface area (Å²) in [5.41, 5.74) is 8.56. The predicted molar refractivity (Wildman–Crippen MR) is 85.4 cm³/mol. The van der Waals surface area contributed by atoms with Gasteiger partial charge in [-0.3, -0.25) is 4.79 Å². The smallest absolute Gasteiger partial charge is 0.253 e. The molecule has 3 rings (SSSR count). The molecule has 5 heteroatoms. The van der Waals surface area contributed by atoms with Crippen LogP contribution < -0.4 is 5.73 Å². The number of hydrogen-bond acceptors (Lipinski definition) is 4. The molecule has 1 aliphatic rings. The van der Waals surface area contributed by atoms with Gasteiger partial charge in [-0.15, -0.1) is 11.3 Å². The summed E-state index contributed by atoms with van der Waals surface area (Å²) in [4.78, 5) is 18.9. The maximum Gasteiger partial charge on any atom is 0.253 e. The largest absolute Gasteiger partial charge is 0.339 e. The van der Waals surface area contributed by atoms with Crippen molar-refractivity contribution in [3.05, 3.63) is 40.2 Å². The van der Waals surface area contributed by atoms with Crippen molar-refractivity contribution in [2.24, 2.45) is 5.73 Å². The molecule has 0 saturated carbocycles. The molecule has 2 aromatic rings. The van der Waals surface area contributed by atoms with Gasteiger partial charge in [0.2, 0.25) is 0 Å². The normalized spacial score (nSPS) is 16.2. The molecule has 0 aliphatic carbocycles. The van der Waals surface area contributed by atoms with Crippen LogP contribution in [0.2, 0.25) is 0 Å². The number of nitrogens with two attached hydrogens (primary N) is 1. The van der Waals surface area contributed by atoms with Crippen molar-refractivity contribution in [1.82, 2.24) is 9.88 Å². The van der Waals surface area contributed by atoms with Gasteiger partial charge < -0.3 is 10.6 Å². The van der Waals surface area contributed by atoms with Gasteiger partial charge in [-0.2, -0.15) is 0 Å². The molecule has 0 unspecified atom stereocenters. The maximum atomic E-state index is 12.6. The molecule has 0 radical (unpaired) electrons. The standard InChI is InChI=1S/C16H19N3OS/c1-11-18-15(10-21-11)12-3-2-4-13(9-12)16(20)19-7-5-14(17)6-8-19/h2-4,9-10,14H,5-8,17H2,1H3. The predicted octanol–water partition coefficient (Wildman–Crippen LogP) is 2.68. The summed E-state index contributed by atoms with van der Waals surface area (Å²) in [6, 6.07) is 7.97. The van der Waals surface area contributed by atoms with Gasteiger partial charge in [0.15, 0.2) is 0 Å². The number of rotatable bonds is 2. The fourth-order valence-corrected chi connectivity index (χ4v) is 3.21. The van der Waals surface area contributed by atoms with Crippen LogP contribution in [0, 0.1) is 6.92 Å². The van der Waals surface area contributed by atoms with E-state index in [-0.39, 0.29) is 11.9 Å². The van der Waals surface area contributed by atoms with Gasteiger partial charge in [-0.1, -0.05) is 12.1 Å². The van der Waals surface area contributed by atoms with Crippen molar-refractivity contribution in [3.8, 4) is 11.3 Å². The summed E-state index contributed by atoms with van der Waals surface area (Å²) in [5.74, 6) is 0.0932. The van der Waals surface area contributed by atoms with E-state index in [0.717, 1.165) is 47.8 Å². The Morgan fingerprint density at radius 2 is 2.14 bits per heavy atom. The van der Waals surface area contributed by atoms with E-state index < -0.39 is 0 Å². The van der Waals surface area contributed by atoms with Crippen LogP contribution in [0.5, 0.6) is 0 Å². The number of likely N-dealkylation sites (tertiary alicyclic amines) is 1. The van der Waals surface area contributed by atoms with E-state index in [1.165, 1.54) is 0 Å². The maximum absolute atomic E-state index is 12.6. The van der Waals surface area contributed by atoms with E-state index in [1.807, 2.05) is 41.5 Å². The van der Waals surface area contributed by atoms with Gasteiger partial charge >= 0.3 is 0 Å². The zero-order valence-corrected chi connectivity index (χ0v) is 12.9. The van der Waals surface area contributed by atoms with Crippen molar-refractivity contribution in [1.29, 1.82) is 0 Å². The van der Waals surface area contributed by atoms with Crippen molar-refractivity contribution in [2.45, 2.75) is 25.8 Å². The highest BCUT2D eigenvalue weighted by atomic mass is 32.1. The average molecular weight is 301 g/mol. The van der Waals surface area contributed by atoms with Crippen LogP contribution in [-0.2, 0) is 0 Å². The lowest BCUT2D eigenvalue weighted by Crippen LogP contribution is -2.42. The molecule has 0 atom stereocenters. The molecule has 0 bridgehead atoms. The second-order valence-electron chi connectivity index (χ2n) is 5.46. The number of thiazole rings is 1. The van der Waals surface area contributed by atoms with Gasteiger partial charge in [-0.05, 0) is 31.9 Å². The van der Waals surface area contributed by atoms with Crippen molar-refractivity contribution in [2.75, 3.05) is 13.1 Å². The summed E-state index contributed by atoms with van der Waals surface area (Å²) < 4.78 is 0. The third kappa shape index (κ3) is 3.14. The second kappa shape index (κ2) is 5.95. The van der Waals surface area contributed by atoms with Crippen LogP contribution in [-0.4, -0.2) is 34.9 Å². The Bertz CT molecular complexity index is 644. The lowest BCUT2D eigenvalue weighted by Gasteiger charge is -2.30. The zero-order chi connectivity index (χ0) is 14.8. The molecule has 1 amide bonds. The number of carbonyl (C=O) groups is 1. The van der Waals surface area contributed by atoms with Crippen molar-refractivity contribution in [3.63, 3.8) is 0 Å². The lowest BCUT2D eigenvalue weighted by molar-refractivity contribution is 0.0715. The minimum absolute atomic E-state index is 0.0932. The quantitative estimate of drug-likeness (QED) is 0.927. The van der Waals surface area contributed by atoms with E-state index >= 15 is 0 Å². The van der Waals surface area contributed by atoms with Crippen LogP contribution in [0.4, 0.5) is 0 Å². The Hall–Kier alpha value is -1.72. The number of aryl methyl sites for hydroxylation is 1. The number of amides is 1. The van der Waals surface area contributed by atoms with Crippen LogP contribution in [0.1, 0.15) is 28.2 Å². The first kappa shape index (κ1) is 14.2. The number of benzene rings is 1. The Kier molecular flexibility index (Phi) is 4.03. The Morgan fingerprint density at radius 1 is 1.38 bits per heavy atom. The Balaban J connectivity index is 1.81. The first-order valence-electron chi connectivity index (χ1n) is 7.21. The molecule has 21 heavy (non-hydrogen) atoms. The lowest BCUT2D eigenvalue weighted by atomic mass is 10.0. The van der Waals surface area contributed by atoms with Crippen LogP contribution >= 0.6 is 11.3 Å². The van der Waals surface area contributed by atoms with Gasteiger partial charge in [0, 0.05) is 35.6 Å². The van der Waals surface area contributed by atoms with E-state index in [4.69, 9.17) is 5.73 Å². The van der Waals surface area contributed by atoms with Crippen LogP contribution in [0.15, 0.2) is 29.6 Å². The number of piperidine rings is 1. The molecule has 2 heterocycles. The molecule has 1 fully saturated rings. The monoisotopic (exact) mass is 301 g/mol. The molecule has 1 aliphatic heterocycles. The third-order valence-corrected chi connectivity index (χ3v) is 4.62. The third-order valence-electron chi connectivity index (χ3n) is 3.85. The van der Waals surface area contributed by atoms with Gasteiger partial charge in [0.1, 0.15) is 0 Å². The Morgan fingerprint density at radius 3 is 2.81 bits per heavy atom. The summed E-state index contributed by atoms with van der Waals surface area (Å²) in [6.07, 6.45) is 1.77. The number of hydrogen-bond donors (Lipinski definition) is 1. The minimum atomic E-state index is 0.0932. The van der Waals surface area contributed by atoms with E-state index in [0.29, 0.717) is 0 Å². The molecule has 1 aromatic heterocycles. The summed E-state index contributed by atoms with van der Waals surface area (Å²) in [7, 11) is 0. The summed E-state index contributed by atoms with van der Waals surface area (Å²) in [6.45, 7) is 3.49. The molecule has 0 spiro atoms. The fraction of sp³-hybridized carbons (Fsp3) is 0.375. The molecular weight excluding hydrogens is 282 g/mol. The fourth-order valence-electron chi connectivity index (χ4n) is 2.59. The molecular formula is C16H19N3OS. The highest BCUT2D eigenvalue weighted by Crippen LogP contribution is 2.23. The van der Waals surface area contributed by atoms with Crippen LogP contribution in [0.25, 0.3) is 11.3 Å². The zero-order valence-electron chi connectivity index (χ0n) is 12.1. The van der Waals surface area contributed by atoms with Crippen LogP contribution in [0.3, 0.4) is 0 Å². The number of aromatic nitrogens is 1. The first-order valence-corrected chi connectivity index (χ1v) is 8.09. The SMILES string of the molecule is Cc1nc(-c2cccc(C(=O)N3CCC(N)CC3)c2)cs1. The second-order valence-corrected chi connectivity index (χ2v) is 6.52. The van der Waals surface area contributed by atoms with E-state index in [2.05, 4.69) is 4.98 Å². The van der Waals surface area contributed by atoms with Gasteiger partial charge in [0.25, 0.3) is 5.91 Å². The van der Waals surface area contributed by atoms with E-state index in [1.54, 1.807) is 11.3 Å². The summed E-state index contributed by atoms with van der Waals surface area (Å²) >= 11 is 1.62. The number of nitrogens with zero attached hydrogens (tertiary/aromatic N) is 2. The summed E-state index contributed by atoms with van der Waals surface area (Å²) in [5, 5.41) is 3.06. The minimum Gasteiger partial charge on any atom is -0.339 e. The van der Waals surface area contributed by atoms with E-state index in [9.17, 15) is 4.79 Å². The van der Waals surface area contributed by atoms with Gasteiger partial charge in [-0.25, -0.2) is 4.98 Å². The topological polar surface area (TPSA) is 59.2 Å². The van der Waals surface area contributed by atoms with Crippen molar-refractivity contribution >= 4 is 17.2 Å². The Labute approximate surface area is 128 Å². The highest BCUT2D eigenvalue weighted by molar-refractivity contribution is 7.09. The molecule has 4 nitrogen and oxygen atoms in total. The molecule has 2 N–H and O–H groups in total. The first-order chi connectivity index (χ1) is 10.1.